The molecule has 0 aromatic heterocycles. The molecule has 0 aromatic rings. The standard InChI is InChI=1S/C44H74N4O31/c1-11(54)45-21-31(64)35(18(8-52)70-39(21)68)76-44-34(67)38(79-42-23(47-13(3)56)30(63)26(59)16(6-50)72-42)28(61)20(75-44)10-69-40-24(48-14(4)57)32(65)36(19(9-53)74-40)77-43-33(66)37(27(60)17(7-51)73-43)78-41-22(46-12(2)55)29(62)25(58)15(5-49)71-41/h15-44,49-53,58-68H,5-10H2,1-4H3,(H,45,54)(H,46,55)(H,47,56)(H,48,57)/t15-,16-,17-,18-,19-,20-,21-,22-,23-,24-,25-,26-,27+,28+,29-,30-,31-,32-,33-,34-,35-,36-,37+,38+,39?,40-,41+,42+,43+,44+/m1/s1. The van der Waals surface area contributed by atoms with Gasteiger partial charge < -0.3 is 155 Å². The fraction of sp³-hybridized carbons (Fsp3) is 0.909. The molecule has 6 heterocycles. The van der Waals surface area contributed by atoms with E-state index in [2.05, 4.69) is 21.3 Å². The van der Waals surface area contributed by atoms with E-state index in [1.54, 1.807) is 0 Å². The van der Waals surface area contributed by atoms with E-state index in [0.29, 0.717) is 0 Å². The lowest BCUT2D eigenvalue weighted by molar-refractivity contribution is -0.377. The Bertz CT molecular complexity index is 1990. The first-order chi connectivity index (χ1) is 37.3. The first-order valence-electron chi connectivity index (χ1n) is 25.1. The van der Waals surface area contributed by atoms with Gasteiger partial charge >= 0.3 is 0 Å². The number of aliphatic hydroxyl groups excluding tert-OH is 16. The molecule has 0 bridgehead atoms. The number of carbonyl (C=O) groups excluding carboxylic acids is 4. The molecule has 0 radical (unpaired) electrons. The number of hydrogen-bond acceptors (Lipinski definition) is 31. The minimum Gasteiger partial charge on any atom is -0.394 e. The van der Waals surface area contributed by atoms with E-state index in [4.69, 9.17) is 52.1 Å². The Hall–Kier alpha value is -3.20. The van der Waals surface area contributed by atoms with E-state index in [9.17, 15) is 101 Å². The topological polar surface area (TPSA) is 542 Å². The quantitative estimate of drug-likeness (QED) is 0.0538. The Kier molecular flexibility index (Phi) is 23.3. The van der Waals surface area contributed by atoms with Crippen molar-refractivity contribution in [1.29, 1.82) is 0 Å². The van der Waals surface area contributed by atoms with Crippen molar-refractivity contribution < 1.29 is 153 Å². The number of carbonyl (C=O) groups is 4. The van der Waals surface area contributed by atoms with Crippen molar-refractivity contribution in [1.82, 2.24) is 21.3 Å². The van der Waals surface area contributed by atoms with Crippen LogP contribution >= 0.6 is 0 Å². The summed E-state index contributed by atoms with van der Waals surface area (Å²) in [5.41, 5.74) is 0. The number of rotatable bonds is 20. The van der Waals surface area contributed by atoms with E-state index < -0.39 is 247 Å². The molecule has 30 atom stereocenters. The van der Waals surface area contributed by atoms with Gasteiger partial charge in [0.1, 0.15) is 146 Å². The van der Waals surface area contributed by atoms with Crippen LogP contribution in [0.5, 0.6) is 0 Å². The van der Waals surface area contributed by atoms with Gasteiger partial charge in [-0.2, -0.15) is 0 Å². The van der Waals surface area contributed by atoms with Crippen molar-refractivity contribution in [2.45, 2.75) is 212 Å². The number of ether oxygens (including phenoxy) is 11. The smallest absolute Gasteiger partial charge is 0.217 e. The third kappa shape index (κ3) is 14.8. The van der Waals surface area contributed by atoms with Crippen LogP contribution in [0.4, 0.5) is 0 Å². The maximum atomic E-state index is 12.7. The Morgan fingerprint density at radius 2 is 0.633 bits per heavy atom. The maximum Gasteiger partial charge on any atom is 0.217 e. The van der Waals surface area contributed by atoms with Crippen molar-refractivity contribution in [2.24, 2.45) is 0 Å². The maximum absolute atomic E-state index is 12.7. The molecule has 0 aliphatic carbocycles. The summed E-state index contributed by atoms with van der Waals surface area (Å²) < 4.78 is 63.9. The van der Waals surface area contributed by atoms with Crippen molar-refractivity contribution in [3.05, 3.63) is 0 Å². The molecular formula is C44H74N4O31. The van der Waals surface area contributed by atoms with Gasteiger partial charge in [0, 0.05) is 27.7 Å². The minimum absolute atomic E-state index is 0.749. The van der Waals surface area contributed by atoms with E-state index in [1.165, 1.54) is 0 Å². The molecule has 6 aliphatic heterocycles. The molecule has 79 heavy (non-hydrogen) atoms. The van der Waals surface area contributed by atoms with Gasteiger partial charge in [0.2, 0.25) is 23.6 Å². The number of aliphatic hydroxyl groups is 16. The Morgan fingerprint density at radius 1 is 0.329 bits per heavy atom. The molecule has 6 rings (SSSR count). The van der Waals surface area contributed by atoms with Crippen LogP contribution in [0.2, 0.25) is 0 Å². The van der Waals surface area contributed by atoms with Crippen LogP contribution in [0.25, 0.3) is 0 Å². The summed E-state index contributed by atoms with van der Waals surface area (Å²) >= 11 is 0. The fourth-order valence-electron chi connectivity index (χ4n) is 10.0. The third-order valence-corrected chi connectivity index (χ3v) is 14.0. The zero-order valence-corrected chi connectivity index (χ0v) is 42.8. The van der Waals surface area contributed by atoms with Gasteiger partial charge in [-0.1, -0.05) is 0 Å². The molecule has 6 saturated heterocycles. The molecule has 456 valence electrons. The van der Waals surface area contributed by atoms with Crippen LogP contribution in [0.3, 0.4) is 0 Å². The summed E-state index contributed by atoms with van der Waals surface area (Å²) in [5, 5.41) is 183. The summed E-state index contributed by atoms with van der Waals surface area (Å²) in [6.07, 6.45) is -48.9. The number of amides is 4. The zero-order valence-electron chi connectivity index (χ0n) is 42.8. The van der Waals surface area contributed by atoms with Crippen LogP contribution in [0.1, 0.15) is 27.7 Å². The molecule has 0 aromatic carbocycles. The van der Waals surface area contributed by atoms with Crippen molar-refractivity contribution in [2.75, 3.05) is 39.6 Å². The SMILES string of the molecule is CC(=O)N[C@H]1[C@H](OC[C@H]2O[C@@H](O[C@H]3[C@H](O)[C@@H](NC(C)=O)C(O)O[C@@H]3CO)[C@H](O)[C@@H](O[C@@H]3O[C@H](CO)[C@@H](O)[C@H](O)[C@H]3NC(C)=O)[C@H]2O)O[C@H](CO)[C@@H](O[C@@H]2O[C@H](CO)[C@H](O)[C@H](O[C@@H]3O[C@H](CO)[C@@H](O)[C@H](O)[C@H]3NC(C)=O)[C@H]2O)[C@@H]1O. The zero-order chi connectivity index (χ0) is 58.5. The normalized spacial score (nSPS) is 46.7. The molecule has 1 unspecified atom stereocenters. The average Bonchev–Trinajstić information content (AvgIpc) is 3.44. The molecule has 0 saturated carbocycles. The minimum atomic E-state index is -2.21. The highest BCUT2D eigenvalue weighted by molar-refractivity contribution is 5.74. The first kappa shape index (κ1) is 65.0. The summed E-state index contributed by atoms with van der Waals surface area (Å²) in [5.74, 6) is -3.13. The predicted molar refractivity (Wildman–Crippen MR) is 246 cm³/mol. The van der Waals surface area contributed by atoms with E-state index in [0.717, 1.165) is 27.7 Å². The Labute approximate surface area is 448 Å². The van der Waals surface area contributed by atoms with Crippen LogP contribution in [-0.4, -0.2) is 329 Å². The lowest BCUT2D eigenvalue weighted by Crippen LogP contribution is -2.70. The van der Waals surface area contributed by atoms with Gasteiger partial charge in [-0.25, -0.2) is 0 Å². The first-order valence-corrected chi connectivity index (χ1v) is 25.1. The lowest BCUT2D eigenvalue weighted by Gasteiger charge is -2.50. The molecule has 20 N–H and O–H groups in total. The van der Waals surface area contributed by atoms with Gasteiger partial charge in [0.25, 0.3) is 0 Å². The van der Waals surface area contributed by atoms with Crippen molar-refractivity contribution in [3.63, 3.8) is 0 Å². The van der Waals surface area contributed by atoms with E-state index in [-0.39, 0.29) is 0 Å². The largest absolute Gasteiger partial charge is 0.394 e. The second-order valence-electron chi connectivity index (χ2n) is 19.7. The van der Waals surface area contributed by atoms with Gasteiger partial charge in [-0.15, -0.1) is 0 Å². The van der Waals surface area contributed by atoms with E-state index in [1.807, 2.05) is 0 Å². The van der Waals surface area contributed by atoms with Crippen molar-refractivity contribution in [3.8, 4) is 0 Å². The predicted octanol–water partition coefficient (Wildman–Crippen LogP) is -13.5. The molecule has 4 amide bonds. The average molecular weight is 1160 g/mol. The third-order valence-electron chi connectivity index (χ3n) is 14.0. The van der Waals surface area contributed by atoms with Gasteiger partial charge in [-0.05, 0) is 0 Å². The van der Waals surface area contributed by atoms with Gasteiger partial charge in [0.05, 0.1) is 39.6 Å². The molecule has 35 nitrogen and oxygen atoms in total. The van der Waals surface area contributed by atoms with Crippen LogP contribution in [-0.2, 0) is 71.3 Å². The second-order valence-corrected chi connectivity index (χ2v) is 19.7. The molecule has 6 fully saturated rings. The Balaban J connectivity index is 1.26. The van der Waals surface area contributed by atoms with E-state index >= 15 is 0 Å². The molecule has 0 spiro atoms. The summed E-state index contributed by atoms with van der Waals surface area (Å²) in [7, 11) is 0. The summed E-state index contributed by atoms with van der Waals surface area (Å²) in [6.45, 7) is -1.56. The molecule has 6 aliphatic rings. The molecular weight excluding hydrogens is 1080 g/mol. The second kappa shape index (κ2) is 28.4. The van der Waals surface area contributed by atoms with Gasteiger partial charge in [0.15, 0.2) is 37.7 Å². The van der Waals surface area contributed by atoms with Crippen LogP contribution < -0.4 is 21.3 Å². The highest BCUT2D eigenvalue weighted by atomic mass is 16.8. The highest BCUT2D eigenvalue weighted by Gasteiger charge is 2.57. The van der Waals surface area contributed by atoms with Gasteiger partial charge in [-0.3, -0.25) is 19.2 Å². The Morgan fingerprint density at radius 3 is 1.04 bits per heavy atom. The summed E-state index contributed by atoms with van der Waals surface area (Å²) in [6, 6.07) is -6.59. The van der Waals surface area contributed by atoms with Crippen molar-refractivity contribution >= 4 is 23.6 Å². The molecule has 35 heteroatoms. The lowest BCUT2D eigenvalue weighted by atomic mass is 9.94. The van der Waals surface area contributed by atoms with Crippen LogP contribution in [0, 0.1) is 0 Å². The number of hydrogen-bond donors (Lipinski definition) is 20. The number of nitrogens with one attached hydrogen (secondary N) is 4. The highest BCUT2D eigenvalue weighted by Crippen LogP contribution is 2.36. The fourth-order valence-corrected chi connectivity index (χ4v) is 10.0. The monoisotopic (exact) mass is 1150 g/mol. The van der Waals surface area contributed by atoms with Crippen LogP contribution in [0.15, 0.2) is 0 Å². The summed E-state index contributed by atoms with van der Waals surface area (Å²) in [4.78, 5) is 49.1.